The van der Waals surface area contributed by atoms with E-state index in [0.717, 1.165) is 5.56 Å². The van der Waals surface area contributed by atoms with E-state index in [1.807, 2.05) is 43.3 Å². The Bertz CT molecular complexity index is 1480. The maximum Gasteiger partial charge on any atom is 0.294 e. The summed E-state index contributed by atoms with van der Waals surface area (Å²) in [6.07, 6.45) is 0. The average molecular weight is 461 g/mol. The molecule has 166 valence electrons. The quantitative estimate of drug-likeness (QED) is 0.241. The third kappa shape index (κ3) is 5.11. The maximum absolute atomic E-state index is 11.7. The second-order valence-corrected chi connectivity index (χ2v) is 8.62. The van der Waals surface area contributed by atoms with Crippen molar-refractivity contribution in [1.82, 2.24) is 0 Å². The van der Waals surface area contributed by atoms with Gasteiger partial charge in [0.05, 0.1) is 29.1 Å². The molecule has 0 aliphatic carbocycles. The fourth-order valence-corrected chi connectivity index (χ4v) is 3.73. The van der Waals surface area contributed by atoms with E-state index in [1.54, 1.807) is 37.4 Å². The van der Waals surface area contributed by atoms with Gasteiger partial charge in [-0.05, 0) is 61.0 Å². The number of hydrogen-bond donors (Lipinski definition) is 1. The van der Waals surface area contributed by atoms with Crippen molar-refractivity contribution in [1.29, 1.82) is 0 Å². The van der Waals surface area contributed by atoms with Gasteiger partial charge in [0, 0.05) is 10.8 Å². The SMILES string of the molecule is COc1ccc(C)cc1N=Nc1ccc(N=Nc2ccccc2)c2cc(S(=O)(=O)O)ccc12. The first-order chi connectivity index (χ1) is 15.8. The van der Waals surface area contributed by atoms with Crippen LogP contribution in [0, 0.1) is 6.92 Å². The molecule has 0 saturated heterocycles. The predicted octanol–water partition coefficient (Wildman–Crippen LogP) is 7.23. The van der Waals surface area contributed by atoms with Crippen LogP contribution in [0.1, 0.15) is 5.56 Å². The Labute approximate surface area is 191 Å². The first kappa shape index (κ1) is 22.3. The highest BCUT2D eigenvalue weighted by Crippen LogP contribution is 2.37. The minimum Gasteiger partial charge on any atom is -0.494 e. The molecule has 0 aromatic heterocycles. The average Bonchev–Trinajstić information content (AvgIpc) is 2.81. The van der Waals surface area contributed by atoms with Crippen LogP contribution in [0.15, 0.2) is 104 Å². The first-order valence-corrected chi connectivity index (χ1v) is 11.4. The lowest BCUT2D eigenvalue weighted by Crippen LogP contribution is -1.97. The summed E-state index contributed by atoms with van der Waals surface area (Å²) >= 11 is 0. The molecular formula is C24H20N4O4S. The molecule has 9 heteroatoms. The molecule has 0 heterocycles. The van der Waals surface area contributed by atoms with Gasteiger partial charge in [-0.25, -0.2) is 0 Å². The molecule has 8 nitrogen and oxygen atoms in total. The number of rotatable bonds is 6. The molecule has 0 atom stereocenters. The molecule has 0 spiro atoms. The molecule has 0 radical (unpaired) electrons. The van der Waals surface area contributed by atoms with E-state index in [0.29, 0.717) is 39.3 Å². The molecule has 0 amide bonds. The number of azo groups is 2. The Balaban J connectivity index is 1.84. The van der Waals surface area contributed by atoms with Gasteiger partial charge in [0.15, 0.2) is 0 Å². The fraction of sp³-hybridized carbons (Fsp3) is 0.0833. The predicted molar refractivity (Wildman–Crippen MR) is 126 cm³/mol. The van der Waals surface area contributed by atoms with Gasteiger partial charge in [0.2, 0.25) is 0 Å². The number of nitrogens with zero attached hydrogens (tertiary/aromatic N) is 4. The second-order valence-electron chi connectivity index (χ2n) is 7.20. The third-order valence-electron chi connectivity index (χ3n) is 4.87. The zero-order valence-electron chi connectivity index (χ0n) is 17.9. The zero-order chi connectivity index (χ0) is 23.4. The molecule has 4 aromatic carbocycles. The number of fused-ring (bicyclic) bond motifs is 1. The van der Waals surface area contributed by atoms with Gasteiger partial charge in [-0.15, -0.1) is 15.3 Å². The Kier molecular flexibility index (Phi) is 6.25. The van der Waals surface area contributed by atoms with Crippen molar-refractivity contribution in [2.24, 2.45) is 20.5 Å². The highest BCUT2D eigenvalue weighted by molar-refractivity contribution is 7.85. The molecule has 4 aromatic rings. The lowest BCUT2D eigenvalue weighted by molar-refractivity contribution is 0.415. The van der Waals surface area contributed by atoms with E-state index < -0.39 is 10.1 Å². The molecule has 4 rings (SSSR count). The monoisotopic (exact) mass is 460 g/mol. The van der Waals surface area contributed by atoms with E-state index in [-0.39, 0.29) is 4.90 Å². The number of benzene rings is 4. The van der Waals surface area contributed by atoms with Crippen LogP contribution >= 0.6 is 0 Å². The van der Waals surface area contributed by atoms with E-state index in [2.05, 4.69) is 20.5 Å². The smallest absolute Gasteiger partial charge is 0.294 e. The molecule has 0 fully saturated rings. The minimum absolute atomic E-state index is 0.249. The van der Waals surface area contributed by atoms with Crippen LogP contribution in [0.25, 0.3) is 10.8 Å². The highest BCUT2D eigenvalue weighted by atomic mass is 32.2. The normalized spacial score (nSPS) is 12.1. The summed E-state index contributed by atoms with van der Waals surface area (Å²) < 4.78 is 38.3. The topological polar surface area (TPSA) is 113 Å². The van der Waals surface area contributed by atoms with Crippen molar-refractivity contribution in [3.63, 3.8) is 0 Å². The molecule has 0 saturated carbocycles. The summed E-state index contributed by atoms with van der Waals surface area (Å²) in [4.78, 5) is -0.249. The lowest BCUT2D eigenvalue weighted by atomic mass is 10.1. The van der Waals surface area contributed by atoms with Gasteiger partial charge in [0.1, 0.15) is 11.4 Å². The largest absolute Gasteiger partial charge is 0.494 e. The summed E-state index contributed by atoms with van der Waals surface area (Å²) in [7, 11) is -2.84. The van der Waals surface area contributed by atoms with E-state index in [9.17, 15) is 13.0 Å². The maximum atomic E-state index is 11.7. The molecular weight excluding hydrogens is 440 g/mol. The first-order valence-electron chi connectivity index (χ1n) is 9.92. The third-order valence-corrected chi connectivity index (χ3v) is 5.72. The molecule has 0 aliphatic heterocycles. The van der Waals surface area contributed by atoms with Gasteiger partial charge >= 0.3 is 0 Å². The summed E-state index contributed by atoms with van der Waals surface area (Å²) in [5.74, 6) is 0.579. The van der Waals surface area contributed by atoms with Crippen molar-refractivity contribution in [3.05, 3.63) is 84.4 Å². The Morgan fingerprint density at radius 1 is 0.727 bits per heavy atom. The summed E-state index contributed by atoms with van der Waals surface area (Å²) in [5, 5.41) is 18.3. The molecule has 0 aliphatic rings. The van der Waals surface area contributed by atoms with Crippen molar-refractivity contribution in [2.45, 2.75) is 11.8 Å². The Hall–Kier alpha value is -3.95. The highest BCUT2D eigenvalue weighted by Gasteiger charge is 2.14. The van der Waals surface area contributed by atoms with E-state index in [1.165, 1.54) is 12.1 Å². The Morgan fingerprint density at radius 3 is 2.09 bits per heavy atom. The standard InChI is InChI=1S/C24H20N4O4S/c1-16-8-13-24(32-2)23(14-16)28-27-21-11-12-22(26-25-17-6-4-3-5-7-17)20-15-18(33(29,30)31)9-10-19(20)21/h3-15H,1-2H3,(H,29,30,31). The molecule has 33 heavy (non-hydrogen) atoms. The van der Waals surface area contributed by atoms with Gasteiger partial charge in [-0.1, -0.05) is 30.3 Å². The molecule has 0 bridgehead atoms. The van der Waals surface area contributed by atoms with Crippen molar-refractivity contribution in [3.8, 4) is 5.75 Å². The van der Waals surface area contributed by atoms with Crippen LogP contribution in [-0.4, -0.2) is 20.1 Å². The van der Waals surface area contributed by atoms with Crippen LogP contribution < -0.4 is 4.74 Å². The summed E-state index contributed by atoms with van der Waals surface area (Å²) in [6.45, 7) is 1.94. The zero-order valence-corrected chi connectivity index (χ0v) is 18.7. The van der Waals surface area contributed by atoms with Crippen molar-refractivity contribution >= 4 is 43.6 Å². The van der Waals surface area contributed by atoms with Crippen molar-refractivity contribution in [2.75, 3.05) is 7.11 Å². The second kappa shape index (κ2) is 9.27. The van der Waals surface area contributed by atoms with Crippen LogP contribution in [0.4, 0.5) is 22.7 Å². The van der Waals surface area contributed by atoms with Crippen LogP contribution in [0.2, 0.25) is 0 Å². The van der Waals surface area contributed by atoms with Gasteiger partial charge in [0.25, 0.3) is 10.1 Å². The van der Waals surface area contributed by atoms with Crippen LogP contribution in [0.3, 0.4) is 0 Å². The Morgan fingerprint density at radius 2 is 1.39 bits per heavy atom. The number of hydrogen-bond acceptors (Lipinski definition) is 7. The summed E-state index contributed by atoms with van der Waals surface area (Å²) in [5.41, 5.74) is 3.13. The van der Waals surface area contributed by atoms with Crippen LogP contribution in [0.5, 0.6) is 5.75 Å². The fourth-order valence-electron chi connectivity index (χ4n) is 3.22. The minimum atomic E-state index is -4.40. The number of ether oxygens (including phenoxy) is 1. The number of methoxy groups -OCH3 is 1. The van der Waals surface area contributed by atoms with Gasteiger partial charge in [-0.2, -0.15) is 13.5 Å². The van der Waals surface area contributed by atoms with Crippen LogP contribution in [-0.2, 0) is 10.1 Å². The summed E-state index contributed by atoms with van der Waals surface area (Å²) in [6, 6.07) is 22.3. The van der Waals surface area contributed by atoms with E-state index in [4.69, 9.17) is 4.74 Å². The van der Waals surface area contributed by atoms with Gasteiger partial charge in [-0.3, -0.25) is 4.55 Å². The lowest BCUT2D eigenvalue weighted by Gasteiger charge is -2.07. The van der Waals surface area contributed by atoms with Crippen molar-refractivity contribution < 1.29 is 17.7 Å². The number of aryl methyl sites for hydroxylation is 1. The van der Waals surface area contributed by atoms with Gasteiger partial charge < -0.3 is 4.74 Å². The molecule has 1 N–H and O–H groups in total. The molecule has 0 unspecified atom stereocenters. The van der Waals surface area contributed by atoms with E-state index >= 15 is 0 Å².